The Morgan fingerprint density at radius 2 is 2.29 bits per heavy atom. The molecule has 0 saturated heterocycles. The molecule has 0 radical (unpaired) electrons. The number of aliphatic carboxylic acids is 1. The van der Waals surface area contributed by atoms with Crippen molar-refractivity contribution in [3.8, 4) is 0 Å². The van der Waals surface area contributed by atoms with E-state index in [0.717, 1.165) is 6.08 Å². The number of hydrogen-bond donors (Lipinski definition) is 2. The lowest BCUT2D eigenvalue weighted by Crippen LogP contribution is -2.29. The highest BCUT2D eigenvalue weighted by Gasteiger charge is 2.22. The Labute approximate surface area is 100 Å². The summed E-state index contributed by atoms with van der Waals surface area (Å²) in [5.41, 5.74) is 0.335. The van der Waals surface area contributed by atoms with Crippen molar-refractivity contribution in [3.63, 3.8) is 0 Å². The van der Waals surface area contributed by atoms with Crippen molar-refractivity contribution in [1.29, 1.82) is 0 Å². The Morgan fingerprint density at radius 1 is 1.65 bits per heavy atom. The maximum Gasteiger partial charge on any atom is 0.328 e. The number of aliphatic hydroxyl groups excluding tert-OH is 1. The fourth-order valence-corrected chi connectivity index (χ4v) is 1.74. The van der Waals surface area contributed by atoms with Gasteiger partial charge in [-0.1, -0.05) is 0 Å². The van der Waals surface area contributed by atoms with E-state index in [1.807, 2.05) is 18.4 Å². The molecule has 5 nitrogen and oxygen atoms in total. The van der Waals surface area contributed by atoms with Crippen LogP contribution in [0.5, 0.6) is 0 Å². The van der Waals surface area contributed by atoms with Crippen LogP contribution in [0.1, 0.15) is 32.9 Å². The minimum absolute atomic E-state index is 0.253. The predicted molar refractivity (Wildman–Crippen MR) is 64.5 cm³/mol. The number of carboxylic acids is 1. The first-order valence-electron chi connectivity index (χ1n) is 5.45. The minimum Gasteiger partial charge on any atom is -0.478 e. The normalized spacial score (nSPS) is 14.1. The highest BCUT2D eigenvalue weighted by Crippen LogP contribution is 2.22. The van der Waals surface area contributed by atoms with Crippen molar-refractivity contribution in [2.24, 2.45) is 0 Å². The molecule has 0 bridgehead atoms. The molecule has 0 aliphatic heterocycles. The molecule has 1 aromatic heterocycles. The van der Waals surface area contributed by atoms with Gasteiger partial charge in [0.15, 0.2) is 0 Å². The van der Waals surface area contributed by atoms with Gasteiger partial charge in [-0.3, -0.25) is 0 Å². The molecule has 0 aromatic carbocycles. The van der Waals surface area contributed by atoms with Crippen molar-refractivity contribution in [2.75, 3.05) is 0 Å². The van der Waals surface area contributed by atoms with E-state index in [9.17, 15) is 9.90 Å². The van der Waals surface area contributed by atoms with Gasteiger partial charge in [0.1, 0.15) is 0 Å². The number of aliphatic hydroxyl groups is 1. The third-order valence-electron chi connectivity index (χ3n) is 2.49. The molecular formula is C12H18N2O3. The predicted octanol–water partition coefficient (Wildman–Crippen LogP) is 1.49. The van der Waals surface area contributed by atoms with Gasteiger partial charge in [-0.15, -0.1) is 0 Å². The van der Waals surface area contributed by atoms with Gasteiger partial charge in [-0.2, -0.15) is 0 Å². The monoisotopic (exact) mass is 238 g/mol. The van der Waals surface area contributed by atoms with Crippen LogP contribution in [-0.4, -0.2) is 31.8 Å². The second-order valence-corrected chi connectivity index (χ2v) is 4.74. The molecule has 0 amide bonds. The summed E-state index contributed by atoms with van der Waals surface area (Å²) in [6, 6.07) is 0. The van der Waals surface area contributed by atoms with Crippen LogP contribution in [0.2, 0.25) is 0 Å². The van der Waals surface area contributed by atoms with Crippen molar-refractivity contribution in [3.05, 3.63) is 24.3 Å². The molecule has 2 N–H and O–H groups in total. The molecule has 1 atom stereocenters. The first-order chi connectivity index (χ1) is 7.81. The SMILES string of the molecule is CC(O)CC(C)(C)n1cnc(/C=C/C(=O)O)c1. The van der Waals surface area contributed by atoms with Crippen LogP contribution in [0.4, 0.5) is 0 Å². The highest BCUT2D eigenvalue weighted by molar-refractivity contribution is 5.84. The zero-order valence-corrected chi connectivity index (χ0v) is 10.3. The van der Waals surface area contributed by atoms with E-state index in [-0.39, 0.29) is 5.54 Å². The summed E-state index contributed by atoms with van der Waals surface area (Å²) in [5, 5.41) is 17.9. The molecule has 0 aliphatic rings. The smallest absolute Gasteiger partial charge is 0.328 e. The van der Waals surface area contributed by atoms with Crippen LogP contribution < -0.4 is 0 Å². The highest BCUT2D eigenvalue weighted by atomic mass is 16.4. The molecule has 0 fully saturated rings. The number of rotatable bonds is 5. The fourth-order valence-electron chi connectivity index (χ4n) is 1.74. The molecular weight excluding hydrogens is 220 g/mol. The largest absolute Gasteiger partial charge is 0.478 e. The van der Waals surface area contributed by atoms with Gasteiger partial charge in [0, 0.05) is 17.8 Å². The molecule has 0 aliphatic carbocycles. The van der Waals surface area contributed by atoms with Gasteiger partial charge in [-0.25, -0.2) is 9.78 Å². The molecule has 1 heterocycles. The summed E-state index contributed by atoms with van der Waals surface area (Å²) in [6.07, 6.45) is 6.11. The lowest BCUT2D eigenvalue weighted by Gasteiger charge is -2.27. The van der Waals surface area contributed by atoms with E-state index >= 15 is 0 Å². The lowest BCUT2D eigenvalue weighted by molar-refractivity contribution is -0.131. The van der Waals surface area contributed by atoms with Crippen molar-refractivity contribution < 1.29 is 15.0 Å². The summed E-state index contributed by atoms with van der Waals surface area (Å²) in [6.45, 7) is 5.72. The first-order valence-corrected chi connectivity index (χ1v) is 5.45. The van der Waals surface area contributed by atoms with E-state index in [1.165, 1.54) is 6.08 Å². The Hall–Kier alpha value is -1.62. The minimum atomic E-state index is -0.997. The number of nitrogens with zero attached hydrogens (tertiary/aromatic N) is 2. The molecule has 1 aromatic rings. The van der Waals surface area contributed by atoms with Crippen molar-refractivity contribution in [2.45, 2.75) is 38.8 Å². The van der Waals surface area contributed by atoms with Crippen molar-refractivity contribution >= 4 is 12.0 Å². The van der Waals surface area contributed by atoms with Crippen LogP contribution in [0.25, 0.3) is 6.08 Å². The molecule has 0 saturated carbocycles. The summed E-state index contributed by atoms with van der Waals surface area (Å²) in [4.78, 5) is 14.5. The summed E-state index contributed by atoms with van der Waals surface area (Å²) >= 11 is 0. The molecule has 17 heavy (non-hydrogen) atoms. The molecule has 1 unspecified atom stereocenters. The van der Waals surface area contributed by atoms with Gasteiger partial charge >= 0.3 is 5.97 Å². The quantitative estimate of drug-likeness (QED) is 0.762. The Balaban J connectivity index is 2.83. The Morgan fingerprint density at radius 3 is 2.82 bits per heavy atom. The van der Waals surface area contributed by atoms with E-state index in [0.29, 0.717) is 12.1 Å². The Kier molecular flexibility index (Phi) is 4.07. The zero-order chi connectivity index (χ0) is 13.1. The second kappa shape index (κ2) is 5.14. The first kappa shape index (κ1) is 13.4. The van der Waals surface area contributed by atoms with E-state index in [1.54, 1.807) is 19.4 Å². The summed E-state index contributed by atoms with van der Waals surface area (Å²) < 4.78 is 1.88. The van der Waals surface area contributed by atoms with Gasteiger partial charge < -0.3 is 14.8 Å². The standard InChI is InChI=1S/C12H18N2O3/c1-9(15)6-12(2,3)14-7-10(13-8-14)4-5-11(16)17/h4-5,7-9,15H,6H2,1-3H3,(H,16,17)/b5-4+. The zero-order valence-electron chi connectivity index (χ0n) is 10.3. The number of carboxylic acid groups (broad SMARTS) is 1. The average Bonchev–Trinajstić information content (AvgIpc) is 2.61. The van der Waals surface area contributed by atoms with Crippen LogP contribution in [0.15, 0.2) is 18.6 Å². The van der Waals surface area contributed by atoms with Crippen LogP contribution in [0, 0.1) is 0 Å². The van der Waals surface area contributed by atoms with Crippen LogP contribution in [-0.2, 0) is 10.3 Å². The van der Waals surface area contributed by atoms with Gasteiger partial charge in [-0.05, 0) is 33.3 Å². The third-order valence-corrected chi connectivity index (χ3v) is 2.49. The van der Waals surface area contributed by atoms with Gasteiger partial charge in [0.25, 0.3) is 0 Å². The molecule has 1 rings (SSSR count). The maximum absolute atomic E-state index is 10.4. The van der Waals surface area contributed by atoms with Gasteiger partial charge in [0.2, 0.25) is 0 Å². The topological polar surface area (TPSA) is 75.3 Å². The third kappa shape index (κ3) is 4.03. The van der Waals surface area contributed by atoms with E-state index in [2.05, 4.69) is 4.98 Å². The number of carbonyl (C=O) groups is 1. The average molecular weight is 238 g/mol. The number of aromatic nitrogens is 2. The lowest BCUT2D eigenvalue weighted by atomic mass is 9.97. The van der Waals surface area contributed by atoms with E-state index < -0.39 is 12.1 Å². The van der Waals surface area contributed by atoms with Crippen LogP contribution >= 0.6 is 0 Å². The summed E-state index contributed by atoms with van der Waals surface area (Å²) in [7, 11) is 0. The number of imidazole rings is 1. The summed E-state index contributed by atoms with van der Waals surface area (Å²) in [5.74, 6) is -0.997. The molecule has 94 valence electrons. The second-order valence-electron chi connectivity index (χ2n) is 4.74. The van der Waals surface area contributed by atoms with Gasteiger partial charge in [0.05, 0.1) is 18.1 Å². The molecule has 5 heteroatoms. The molecule has 0 spiro atoms. The Bertz CT molecular complexity index is 419. The van der Waals surface area contributed by atoms with E-state index in [4.69, 9.17) is 5.11 Å². The fraction of sp³-hybridized carbons (Fsp3) is 0.500. The van der Waals surface area contributed by atoms with Crippen molar-refractivity contribution in [1.82, 2.24) is 9.55 Å². The maximum atomic E-state index is 10.4. The van der Waals surface area contributed by atoms with Crippen LogP contribution in [0.3, 0.4) is 0 Å². The number of hydrogen-bond acceptors (Lipinski definition) is 3.